The number of amides is 3. The van der Waals surface area contributed by atoms with Crippen molar-refractivity contribution >= 4 is 17.6 Å². The molecular formula is C13H17N3O3. The molecule has 0 saturated carbocycles. The van der Waals surface area contributed by atoms with Crippen molar-refractivity contribution in [1.29, 1.82) is 0 Å². The summed E-state index contributed by atoms with van der Waals surface area (Å²) in [5.41, 5.74) is -0.124. The van der Waals surface area contributed by atoms with Gasteiger partial charge in [-0.2, -0.15) is 0 Å². The van der Waals surface area contributed by atoms with Gasteiger partial charge in [0.2, 0.25) is 5.91 Å². The normalized spacial score (nSPS) is 16.4. The number of hydrogen-bond acceptors (Lipinski definition) is 3. The molecule has 0 aliphatic carbocycles. The van der Waals surface area contributed by atoms with Crippen LogP contribution in [0.2, 0.25) is 0 Å². The van der Waals surface area contributed by atoms with E-state index >= 15 is 0 Å². The molecule has 6 heteroatoms. The van der Waals surface area contributed by atoms with Crippen LogP contribution in [-0.2, 0) is 4.79 Å². The van der Waals surface area contributed by atoms with Crippen LogP contribution in [-0.4, -0.2) is 47.2 Å². The zero-order valence-electron chi connectivity index (χ0n) is 10.7. The summed E-state index contributed by atoms with van der Waals surface area (Å²) in [5, 5.41) is 14.6. The van der Waals surface area contributed by atoms with Gasteiger partial charge in [0.25, 0.3) is 0 Å². The lowest BCUT2D eigenvalue weighted by atomic mass is 9.97. The van der Waals surface area contributed by atoms with Crippen LogP contribution >= 0.6 is 0 Å². The van der Waals surface area contributed by atoms with Crippen LogP contribution in [0.5, 0.6) is 0 Å². The molecule has 3 amide bonds. The average Bonchev–Trinajstić information content (AvgIpc) is 2.34. The fourth-order valence-electron chi connectivity index (χ4n) is 1.92. The molecule has 0 unspecified atom stereocenters. The number of anilines is 1. The summed E-state index contributed by atoms with van der Waals surface area (Å²) in [7, 11) is 0. The lowest BCUT2D eigenvalue weighted by molar-refractivity contribution is -0.151. The Hall–Kier alpha value is -2.08. The topological polar surface area (TPSA) is 81.7 Å². The molecule has 1 aromatic carbocycles. The molecule has 2 rings (SSSR count). The highest BCUT2D eigenvalue weighted by Crippen LogP contribution is 2.19. The summed E-state index contributed by atoms with van der Waals surface area (Å²) < 4.78 is 0. The number of carbonyl (C=O) groups excluding carboxylic acids is 2. The summed E-state index contributed by atoms with van der Waals surface area (Å²) in [6.07, 6.45) is 0. The van der Waals surface area contributed by atoms with Crippen molar-refractivity contribution in [2.45, 2.75) is 12.5 Å². The number of benzene rings is 1. The Kier molecular flexibility index (Phi) is 3.71. The van der Waals surface area contributed by atoms with Gasteiger partial charge in [0.05, 0.1) is 25.2 Å². The predicted octanol–water partition coefficient (Wildman–Crippen LogP) is 0.401. The third-order valence-electron chi connectivity index (χ3n) is 2.85. The minimum Gasteiger partial charge on any atom is -0.386 e. The van der Waals surface area contributed by atoms with E-state index in [2.05, 4.69) is 10.6 Å². The molecule has 19 heavy (non-hydrogen) atoms. The van der Waals surface area contributed by atoms with E-state index in [9.17, 15) is 14.7 Å². The van der Waals surface area contributed by atoms with Gasteiger partial charge in [-0.05, 0) is 19.1 Å². The van der Waals surface area contributed by atoms with Gasteiger partial charge in [-0.1, -0.05) is 18.2 Å². The van der Waals surface area contributed by atoms with Gasteiger partial charge in [-0.25, -0.2) is 4.79 Å². The molecule has 1 fully saturated rings. The average molecular weight is 263 g/mol. The van der Waals surface area contributed by atoms with Gasteiger partial charge in [0.1, 0.15) is 0 Å². The smallest absolute Gasteiger partial charge is 0.319 e. The molecule has 6 nitrogen and oxygen atoms in total. The number of likely N-dealkylation sites (tertiary alicyclic amines) is 1. The standard InChI is InChI=1S/C13H17N3O3/c1-13(19)8-16(9-13)11(17)7-14-12(18)15-10-5-3-2-4-6-10/h2-6,19H,7-9H2,1H3,(H2,14,15,18). The molecule has 1 heterocycles. The van der Waals surface area contributed by atoms with Gasteiger partial charge >= 0.3 is 6.03 Å². The minimum atomic E-state index is -0.790. The van der Waals surface area contributed by atoms with Crippen molar-refractivity contribution < 1.29 is 14.7 Å². The largest absolute Gasteiger partial charge is 0.386 e. The number of hydrogen-bond donors (Lipinski definition) is 3. The van der Waals surface area contributed by atoms with E-state index in [4.69, 9.17) is 0 Å². The molecule has 1 saturated heterocycles. The number of rotatable bonds is 3. The maximum Gasteiger partial charge on any atom is 0.319 e. The Bertz CT molecular complexity index is 465. The van der Waals surface area contributed by atoms with Gasteiger partial charge in [-0.15, -0.1) is 0 Å². The van der Waals surface area contributed by atoms with Crippen molar-refractivity contribution in [3.8, 4) is 0 Å². The van der Waals surface area contributed by atoms with Crippen molar-refractivity contribution in [1.82, 2.24) is 10.2 Å². The van der Waals surface area contributed by atoms with Crippen LogP contribution in [0.1, 0.15) is 6.92 Å². The highest BCUT2D eigenvalue weighted by molar-refractivity contribution is 5.92. The zero-order chi connectivity index (χ0) is 13.9. The Morgan fingerprint density at radius 3 is 2.53 bits per heavy atom. The fraction of sp³-hybridized carbons (Fsp3) is 0.385. The van der Waals surface area contributed by atoms with E-state index in [0.29, 0.717) is 18.8 Å². The molecule has 3 N–H and O–H groups in total. The summed E-state index contributed by atoms with van der Waals surface area (Å²) in [4.78, 5) is 24.7. The Morgan fingerprint density at radius 1 is 1.32 bits per heavy atom. The number of aliphatic hydroxyl groups is 1. The van der Waals surface area contributed by atoms with Crippen molar-refractivity contribution in [3.05, 3.63) is 30.3 Å². The maximum atomic E-state index is 11.6. The van der Waals surface area contributed by atoms with Crippen molar-refractivity contribution in [3.63, 3.8) is 0 Å². The first-order chi connectivity index (χ1) is 8.96. The monoisotopic (exact) mass is 263 g/mol. The maximum absolute atomic E-state index is 11.6. The molecule has 0 spiro atoms. The number of nitrogens with zero attached hydrogens (tertiary/aromatic N) is 1. The number of β-amino-alcohol motifs (C(OH)–C–C–N with tert-alkyl or cyclic N) is 1. The number of carbonyl (C=O) groups is 2. The van der Waals surface area contributed by atoms with E-state index < -0.39 is 11.6 Å². The summed E-state index contributed by atoms with van der Waals surface area (Å²) >= 11 is 0. The van der Waals surface area contributed by atoms with Gasteiger partial charge in [0.15, 0.2) is 0 Å². The van der Waals surface area contributed by atoms with Crippen LogP contribution in [0.25, 0.3) is 0 Å². The lowest BCUT2D eigenvalue weighted by Gasteiger charge is -2.44. The fourth-order valence-corrected chi connectivity index (χ4v) is 1.92. The molecule has 0 aromatic heterocycles. The summed E-state index contributed by atoms with van der Waals surface area (Å²) in [6.45, 7) is 2.22. The lowest BCUT2D eigenvalue weighted by Crippen LogP contribution is -2.63. The van der Waals surface area contributed by atoms with E-state index in [1.165, 1.54) is 4.90 Å². The number of urea groups is 1. The Labute approximate surface area is 111 Å². The van der Waals surface area contributed by atoms with Crippen LogP contribution in [0.15, 0.2) is 30.3 Å². The third-order valence-corrected chi connectivity index (χ3v) is 2.85. The highest BCUT2D eigenvalue weighted by Gasteiger charge is 2.39. The van der Waals surface area contributed by atoms with Crippen LogP contribution in [0.4, 0.5) is 10.5 Å². The van der Waals surface area contributed by atoms with Crippen molar-refractivity contribution in [2.75, 3.05) is 25.0 Å². The van der Waals surface area contributed by atoms with Crippen LogP contribution in [0, 0.1) is 0 Å². The van der Waals surface area contributed by atoms with Gasteiger partial charge in [-0.3, -0.25) is 4.79 Å². The van der Waals surface area contributed by atoms with Crippen LogP contribution in [0.3, 0.4) is 0 Å². The second-order valence-corrected chi connectivity index (χ2v) is 4.92. The summed E-state index contributed by atoms with van der Waals surface area (Å²) in [5.74, 6) is -0.199. The summed E-state index contributed by atoms with van der Waals surface area (Å²) in [6, 6.07) is 8.56. The molecular weight excluding hydrogens is 246 g/mol. The minimum absolute atomic E-state index is 0.0747. The first-order valence-corrected chi connectivity index (χ1v) is 6.06. The highest BCUT2D eigenvalue weighted by atomic mass is 16.3. The first kappa shape index (κ1) is 13.4. The second-order valence-electron chi connectivity index (χ2n) is 4.92. The molecule has 1 aliphatic rings. The van der Waals surface area contributed by atoms with Crippen LogP contribution < -0.4 is 10.6 Å². The molecule has 1 aliphatic heterocycles. The Balaban J connectivity index is 1.71. The Morgan fingerprint density at radius 2 is 1.95 bits per heavy atom. The third kappa shape index (κ3) is 3.69. The van der Waals surface area contributed by atoms with Gasteiger partial charge in [0, 0.05) is 5.69 Å². The van der Waals surface area contributed by atoms with E-state index in [-0.39, 0.29) is 12.5 Å². The van der Waals surface area contributed by atoms with E-state index in [0.717, 1.165) is 0 Å². The SMILES string of the molecule is CC1(O)CN(C(=O)CNC(=O)Nc2ccccc2)C1. The molecule has 0 bridgehead atoms. The van der Waals surface area contributed by atoms with E-state index in [1.807, 2.05) is 18.2 Å². The molecule has 0 radical (unpaired) electrons. The van der Waals surface area contributed by atoms with Gasteiger partial charge < -0.3 is 20.6 Å². The second kappa shape index (κ2) is 5.27. The number of para-hydroxylation sites is 1. The molecule has 102 valence electrons. The van der Waals surface area contributed by atoms with Crippen molar-refractivity contribution in [2.24, 2.45) is 0 Å². The number of nitrogens with one attached hydrogen (secondary N) is 2. The molecule has 1 aromatic rings. The quantitative estimate of drug-likeness (QED) is 0.738. The molecule has 0 atom stereocenters. The van der Waals surface area contributed by atoms with E-state index in [1.54, 1.807) is 19.1 Å². The predicted molar refractivity (Wildman–Crippen MR) is 70.7 cm³/mol. The first-order valence-electron chi connectivity index (χ1n) is 6.06. The zero-order valence-corrected chi connectivity index (χ0v) is 10.7.